The van der Waals surface area contributed by atoms with Gasteiger partial charge in [0.15, 0.2) is 0 Å². The number of nitrogens with zero attached hydrogens (tertiary/aromatic N) is 2. The maximum absolute atomic E-state index is 13.2. The lowest BCUT2D eigenvalue weighted by molar-refractivity contribution is -0.138. The molecule has 9 nitrogen and oxygen atoms in total. The van der Waals surface area contributed by atoms with Crippen molar-refractivity contribution < 1.29 is 33.3 Å². The highest BCUT2D eigenvalue weighted by atomic mass is 19.3. The molecule has 0 radical (unpaired) electrons. The van der Waals surface area contributed by atoms with E-state index in [0.717, 1.165) is 18.4 Å². The minimum atomic E-state index is -2.87. The van der Waals surface area contributed by atoms with Crippen molar-refractivity contribution in [3.8, 4) is 5.75 Å². The number of hydrogen-bond acceptors (Lipinski definition) is 6. The summed E-state index contributed by atoms with van der Waals surface area (Å²) in [5.74, 6) is -0.155. The molecule has 3 aliphatic rings. The van der Waals surface area contributed by atoms with Crippen LogP contribution in [0.3, 0.4) is 0 Å². The zero-order chi connectivity index (χ0) is 26.3. The molecular weight excluding hydrogens is 484 g/mol. The minimum Gasteiger partial charge on any atom is -0.435 e. The van der Waals surface area contributed by atoms with E-state index in [1.54, 1.807) is 23.1 Å². The van der Waals surface area contributed by atoms with Crippen LogP contribution in [0.2, 0.25) is 0 Å². The van der Waals surface area contributed by atoms with Gasteiger partial charge < -0.3 is 20.3 Å². The highest BCUT2D eigenvalue weighted by Gasteiger charge is 2.56. The second-order valence-electron chi connectivity index (χ2n) is 9.77. The summed E-state index contributed by atoms with van der Waals surface area (Å²) < 4.78 is 29.1. The van der Waals surface area contributed by atoms with Gasteiger partial charge in [-0.1, -0.05) is 12.1 Å². The van der Waals surface area contributed by atoms with E-state index >= 15 is 0 Å². The summed E-state index contributed by atoms with van der Waals surface area (Å²) in [4.78, 5) is 43.7. The molecule has 0 spiro atoms. The Morgan fingerprint density at radius 3 is 2.62 bits per heavy atom. The number of Topliss-reactive ketones (excluding diaryl/α,β-unsaturated/α-hetero) is 1. The van der Waals surface area contributed by atoms with Crippen LogP contribution >= 0.6 is 0 Å². The SMILES string of the molecule is CC(=O)C(=[NH2+])c1ccncc1NCC(=O)N1[C@@H]2C[C@@H]2C[C@H]1C(=O)NC1CC1c1ccc(OC(F)F)cc1. The molecule has 5 atom stereocenters. The average Bonchev–Trinajstić information content (AvgIpc) is 3.79. The van der Waals surface area contributed by atoms with E-state index in [-0.39, 0.29) is 53.6 Å². The van der Waals surface area contributed by atoms with Gasteiger partial charge in [0.1, 0.15) is 11.8 Å². The van der Waals surface area contributed by atoms with Crippen molar-refractivity contribution >= 4 is 29.0 Å². The van der Waals surface area contributed by atoms with Crippen LogP contribution in [0, 0.1) is 5.92 Å². The zero-order valence-corrected chi connectivity index (χ0v) is 20.2. The van der Waals surface area contributed by atoms with Crippen molar-refractivity contribution in [2.75, 3.05) is 11.9 Å². The number of carbonyl (C=O) groups is 3. The molecule has 1 aromatic heterocycles. The van der Waals surface area contributed by atoms with Crippen molar-refractivity contribution in [3.63, 3.8) is 0 Å². The van der Waals surface area contributed by atoms with E-state index in [1.165, 1.54) is 31.5 Å². The highest BCUT2D eigenvalue weighted by Crippen LogP contribution is 2.48. The van der Waals surface area contributed by atoms with E-state index in [4.69, 9.17) is 5.41 Å². The number of halogens is 2. The van der Waals surface area contributed by atoms with E-state index in [2.05, 4.69) is 20.4 Å². The summed E-state index contributed by atoms with van der Waals surface area (Å²) in [6.45, 7) is -1.57. The summed E-state index contributed by atoms with van der Waals surface area (Å²) in [6.07, 6.45) is 5.28. The first kappa shape index (κ1) is 24.8. The summed E-state index contributed by atoms with van der Waals surface area (Å²) in [7, 11) is 0. The lowest BCUT2D eigenvalue weighted by atomic mass is 10.1. The number of piperidine rings is 1. The molecule has 194 valence electrons. The third-order valence-electron chi connectivity index (χ3n) is 7.27. The molecule has 0 bridgehead atoms. The molecule has 2 heterocycles. The molecule has 5 rings (SSSR count). The number of nitrogens with two attached hydrogens (primary N) is 1. The summed E-state index contributed by atoms with van der Waals surface area (Å²) in [5.41, 5.74) is 1.96. The molecular formula is C26H28F2N5O4+. The first-order valence-corrected chi connectivity index (χ1v) is 12.2. The van der Waals surface area contributed by atoms with Crippen LogP contribution in [0.5, 0.6) is 5.75 Å². The number of ketones is 1. The number of hydrogen-bond donors (Lipinski definition) is 3. The average molecular weight is 513 g/mol. The third kappa shape index (κ3) is 5.30. The molecule has 3 fully saturated rings. The van der Waals surface area contributed by atoms with Crippen molar-refractivity contribution in [1.29, 1.82) is 0 Å². The van der Waals surface area contributed by atoms with Gasteiger partial charge in [-0.3, -0.25) is 24.8 Å². The Hall–Kier alpha value is -3.89. The van der Waals surface area contributed by atoms with Crippen molar-refractivity contribution in [3.05, 3.63) is 53.9 Å². The number of carbonyl (C=O) groups excluding carboxylic acids is 3. The molecule has 2 aromatic rings. The normalized spacial score (nSPS) is 25.3. The summed E-state index contributed by atoms with van der Waals surface area (Å²) in [6, 6.07) is 7.50. The Kier molecular flexibility index (Phi) is 6.61. The first-order valence-electron chi connectivity index (χ1n) is 12.2. The van der Waals surface area contributed by atoms with Gasteiger partial charge in [0.05, 0.1) is 24.0 Å². The minimum absolute atomic E-state index is 0.0596. The van der Waals surface area contributed by atoms with Gasteiger partial charge in [0, 0.05) is 31.1 Å². The molecule has 1 aromatic carbocycles. The standard InChI is InChI=1S/C26H27F2N5O4/c1-13(34)24(29)17-6-7-30-11-20(17)31-12-23(35)33-21-8-15(21)9-22(33)25(36)32-19-10-18(19)14-2-4-16(5-3-14)37-26(27)28/h2-7,11,15,18-19,21-22,26,29,31H,8-10,12H2,1H3,(H,32,36)/p+1/t15-,18?,19?,21-,22+/m1/s1. The van der Waals surface area contributed by atoms with Crippen LogP contribution in [-0.4, -0.2) is 64.5 Å². The van der Waals surface area contributed by atoms with Gasteiger partial charge in [0.25, 0.3) is 0 Å². The van der Waals surface area contributed by atoms with E-state index in [1.807, 2.05) is 0 Å². The number of pyridine rings is 1. The monoisotopic (exact) mass is 512 g/mol. The number of anilines is 1. The Labute approximate surface area is 212 Å². The van der Waals surface area contributed by atoms with Gasteiger partial charge >= 0.3 is 6.61 Å². The number of likely N-dealkylation sites (tertiary alicyclic amines) is 1. The Balaban J connectivity index is 1.18. The number of fused-ring (bicyclic) bond motifs is 1. The fourth-order valence-electron chi connectivity index (χ4n) is 5.17. The van der Waals surface area contributed by atoms with Crippen LogP contribution in [-0.2, 0) is 14.4 Å². The van der Waals surface area contributed by atoms with Crippen LogP contribution < -0.4 is 20.8 Å². The second-order valence-corrected chi connectivity index (χ2v) is 9.77. The molecule has 2 amide bonds. The third-order valence-corrected chi connectivity index (χ3v) is 7.27. The van der Waals surface area contributed by atoms with Crippen molar-refractivity contribution in [2.24, 2.45) is 5.92 Å². The zero-order valence-electron chi connectivity index (χ0n) is 20.2. The fourth-order valence-corrected chi connectivity index (χ4v) is 5.17. The van der Waals surface area contributed by atoms with Gasteiger partial charge in [-0.2, -0.15) is 8.78 Å². The number of amides is 2. The molecule has 37 heavy (non-hydrogen) atoms. The Bertz CT molecular complexity index is 1240. The topological polar surface area (TPSA) is 126 Å². The molecule has 4 N–H and O–H groups in total. The molecule has 2 aliphatic carbocycles. The molecule has 1 aliphatic heterocycles. The first-order chi connectivity index (χ1) is 17.7. The molecule has 11 heteroatoms. The second kappa shape index (κ2) is 9.87. The fraction of sp³-hybridized carbons (Fsp3) is 0.423. The van der Waals surface area contributed by atoms with E-state index in [0.29, 0.717) is 23.6 Å². The maximum Gasteiger partial charge on any atom is 0.387 e. The van der Waals surface area contributed by atoms with Gasteiger partial charge in [-0.05, 0) is 48.9 Å². The highest BCUT2D eigenvalue weighted by molar-refractivity contribution is 6.43. The number of rotatable bonds is 10. The van der Waals surface area contributed by atoms with Crippen molar-refractivity contribution in [2.45, 2.75) is 56.8 Å². The predicted molar refractivity (Wildman–Crippen MR) is 129 cm³/mol. The van der Waals surface area contributed by atoms with Crippen LogP contribution in [0.1, 0.15) is 43.2 Å². The largest absolute Gasteiger partial charge is 0.435 e. The lowest BCUT2D eigenvalue weighted by Crippen LogP contribution is -2.50. The van der Waals surface area contributed by atoms with Crippen LogP contribution in [0.25, 0.3) is 0 Å². The number of nitrogens with one attached hydrogen (secondary N) is 2. The van der Waals surface area contributed by atoms with Crippen LogP contribution in [0.4, 0.5) is 14.5 Å². The Morgan fingerprint density at radius 1 is 1.16 bits per heavy atom. The maximum atomic E-state index is 13.2. The quantitative estimate of drug-likeness (QED) is 0.406. The number of benzene rings is 1. The predicted octanol–water partition coefficient (Wildman–Crippen LogP) is 0.894. The van der Waals surface area contributed by atoms with Crippen LogP contribution in [0.15, 0.2) is 42.7 Å². The Morgan fingerprint density at radius 2 is 1.92 bits per heavy atom. The van der Waals surface area contributed by atoms with Gasteiger partial charge in [-0.15, -0.1) is 0 Å². The molecule has 2 saturated carbocycles. The number of ether oxygens (including phenoxy) is 1. The van der Waals surface area contributed by atoms with Gasteiger partial charge in [0.2, 0.25) is 23.3 Å². The number of aromatic nitrogens is 1. The number of alkyl halides is 2. The van der Waals surface area contributed by atoms with E-state index < -0.39 is 12.7 Å². The molecule has 2 unspecified atom stereocenters. The van der Waals surface area contributed by atoms with Gasteiger partial charge in [-0.25, -0.2) is 0 Å². The molecule has 1 saturated heterocycles. The summed E-state index contributed by atoms with van der Waals surface area (Å²) in [5, 5.41) is 12.0. The summed E-state index contributed by atoms with van der Waals surface area (Å²) >= 11 is 0. The smallest absolute Gasteiger partial charge is 0.387 e. The lowest BCUT2D eigenvalue weighted by Gasteiger charge is -2.27. The van der Waals surface area contributed by atoms with E-state index in [9.17, 15) is 23.2 Å². The van der Waals surface area contributed by atoms with Crippen molar-refractivity contribution in [1.82, 2.24) is 15.2 Å².